The molecule has 24 heavy (non-hydrogen) atoms. The Balaban J connectivity index is 2.48. The first-order chi connectivity index (χ1) is 11.4. The molecule has 0 fully saturated rings. The van der Waals surface area contributed by atoms with Crippen LogP contribution in [0.3, 0.4) is 0 Å². The highest BCUT2D eigenvalue weighted by molar-refractivity contribution is 6.04. The van der Waals surface area contributed by atoms with Crippen LogP contribution in [0.4, 0.5) is 5.69 Å². The fourth-order valence-corrected chi connectivity index (χ4v) is 2.24. The predicted octanol–water partition coefficient (Wildman–Crippen LogP) is 3.67. The van der Waals surface area contributed by atoms with Crippen LogP contribution in [-0.2, 0) is 9.63 Å². The van der Waals surface area contributed by atoms with Crippen LogP contribution in [0.15, 0.2) is 47.6 Å². The quantitative estimate of drug-likeness (QED) is 0.489. The summed E-state index contributed by atoms with van der Waals surface area (Å²) in [6.07, 6.45) is 0. The Kier molecular flexibility index (Phi) is 5.58. The smallest absolute Gasteiger partial charge is 0.265 e. The Morgan fingerprint density at radius 3 is 2.50 bits per heavy atom. The summed E-state index contributed by atoms with van der Waals surface area (Å²) in [6, 6.07) is 13.4. The van der Waals surface area contributed by atoms with Gasteiger partial charge in [-0.2, -0.15) is 0 Å². The minimum atomic E-state index is -0.0778. The summed E-state index contributed by atoms with van der Waals surface area (Å²) in [5.74, 6) is 0.923. The van der Waals surface area contributed by atoms with E-state index < -0.39 is 0 Å². The van der Waals surface area contributed by atoms with Crippen LogP contribution >= 0.6 is 0 Å². The van der Waals surface area contributed by atoms with Gasteiger partial charge < -0.3 is 14.5 Å². The van der Waals surface area contributed by atoms with Crippen molar-refractivity contribution in [3.05, 3.63) is 59.2 Å². The van der Waals surface area contributed by atoms with Crippen molar-refractivity contribution in [3.63, 3.8) is 0 Å². The molecule has 0 aliphatic heterocycles. The van der Waals surface area contributed by atoms with Gasteiger partial charge in [0.15, 0.2) is 0 Å². The number of rotatable bonds is 4. The number of para-hydroxylation sites is 1. The van der Waals surface area contributed by atoms with E-state index in [9.17, 15) is 4.79 Å². The maximum absolute atomic E-state index is 11.7. The Morgan fingerprint density at radius 1 is 1.12 bits per heavy atom. The van der Waals surface area contributed by atoms with Crippen LogP contribution in [-0.4, -0.2) is 26.0 Å². The topological polar surface area (TPSA) is 51.1 Å². The van der Waals surface area contributed by atoms with Crippen molar-refractivity contribution < 1.29 is 14.4 Å². The molecule has 0 bridgehead atoms. The predicted molar refractivity (Wildman–Crippen MR) is 95.6 cm³/mol. The van der Waals surface area contributed by atoms with E-state index in [1.54, 1.807) is 11.9 Å². The average molecular weight is 326 g/mol. The number of carbonyl (C=O) groups excluding carboxylic acids is 1. The monoisotopic (exact) mass is 326 g/mol. The van der Waals surface area contributed by atoms with Gasteiger partial charge in [0.2, 0.25) is 5.91 Å². The van der Waals surface area contributed by atoms with Crippen LogP contribution in [0.2, 0.25) is 0 Å². The highest BCUT2D eigenvalue weighted by Crippen LogP contribution is 2.25. The normalized spacial score (nSPS) is 11.1. The van der Waals surface area contributed by atoms with Crippen molar-refractivity contribution in [3.8, 4) is 5.75 Å². The number of anilines is 1. The number of oxime groups is 1. The molecule has 0 saturated carbocycles. The lowest BCUT2D eigenvalue weighted by atomic mass is 10.1. The molecule has 0 saturated heterocycles. The zero-order valence-corrected chi connectivity index (χ0v) is 14.7. The molecule has 2 rings (SSSR count). The number of amides is 1. The molecule has 2 aromatic carbocycles. The molecule has 0 atom stereocenters. The van der Waals surface area contributed by atoms with Crippen LogP contribution in [0, 0.1) is 13.8 Å². The van der Waals surface area contributed by atoms with E-state index in [-0.39, 0.29) is 5.91 Å². The molecule has 0 aromatic heterocycles. The van der Waals surface area contributed by atoms with Crippen LogP contribution in [0.5, 0.6) is 5.75 Å². The molecule has 0 N–H and O–H groups in total. The molecule has 0 unspecified atom stereocenters. The lowest BCUT2D eigenvalue weighted by molar-refractivity contribution is -0.116. The van der Waals surface area contributed by atoms with Crippen molar-refractivity contribution in [1.82, 2.24) is 0 Å². The molecule has 0 spiro atoms. The number of nitrogens with zero attached hydrogens (tertiary/aromatic N) is 2. The molecular formula is C19H22N2O3. The van der Waals surface area contributed by atoms with E-state index in [0.29, 0.717) is 22.9 Å². The largest absolute Gasteiger partial charge is 0.436 e. The first-order valence-corrected chi connectivity index (χ1v) is 7.64. The molecule has 5 nitrogen and oxygen atoms in total. The third kappa shape index (κ3) is 3.93. The second-order valence-electron chi connectivity index (χ2n) is 5.55. The number of hydrogen-bond acceptors (Lipinski definition) is 4. The number of aryl methyl sites for hydroxylation is 2. The van der Waals surface area contributed by atoms with E-state index in [2.05, 4.69) is 5.16 Å². The molecule has 0 aliphatic carbocycles. The maximum Gasteiger partial charge on any atom is 0.265 e. The van der Waals surface area contributed by atoms with Crippen LogP contribution in [0.1, 0.15) is 23.6 Å². The highest BCUT2D eigenvalue weighted by atomic mass is 16.6. The molecule has 1 amide bonds. The summed E-state index contributed by atoms with van der Waals surface area (Å²) in [4.78, 5) is 18.3. The van der Waals surface area contributed by atoms with Crippen molar-refractivity contribution in [2.75, 3.05) is 19.1 Å². The summed E-state index contributed by atoms with van der Waals surface area (Å²) in [5, 5.41) is 4.02. The number of benzene rings is 2. The average Bonchev–Trinajstić information content (AvgIpc) is 2.57. The lowest BCUT2D eigenvalue weighted by Crippen LogP contribution is -2.26. The lowest BCUT2D eigenvalue weighted by Gasteiger charge is -2.20. The second kappa shape index (κ2) is 7.64. The summed E-state index contributed by atoms with van der Waals surface area (Å²) in [7, 11) is 3.17. The van der Waals surface area contributed by atoms with Crippen molar-refractivity contribution >= 4 is 17.5 Å². The third-order valence-electron chi connectivity index (χ3n) is 3.69. The van der Waals surface area contributed by atoms with E-state index in [1.807, 2.05) is 56.3 Å². The van der Waals surface area contributed by atoms with Crippen LogP contribution < -0.4 is 9.64 Å². The van der Waals surface area contributed by atoms with Gasteiger partial charge in [0.05, 0.1) is 11.3 Å². The van der Waals surface area contributed by atoms with Gasteiger partial charge in [-0.3, -0.25) is 4.79 Å². The minimum absolute atomic E-state index is 0.0778. The van der Waals surface area contributed by atoms with Crippen LogP contribution in [0.25, 0.3) is 0 Å². The zero-order valence-electron chi connectivity index (χ0n) is 14.7. The van der Waals surface area contributed by atoms with Gasteiger partial charge in [-0.15, -0.1) is 0 Å². The minimum Gasteiger partial charge on any atom is -0.436 e. The van der Waals surface area contributed by atoms with Gasteiger partial charge in [-0.1, -0.05) is 24.3 Å². The fraction of sp³-hybridized carbons (Fsp3) is 0.263. The highest BCUT2D eigenvalue weighted by Gasteiger charge is 2.18. The summed E-state index contributed by atoms with van der Waals surface area (Å²) in [6.45, 7) is 5.47. The molecule has 2 aromatic rings. The summed E-state index contributed by atoms with van der Waals surface area (Å²) < 4.78 is 6.01. The summed E-state index contributed by atoms with van der Waals surface area (Å²) in [5.41, 5.74) is 3.45. The van der Waals surface area contributed by atoms with Crippen molar-refractivity contribution in [2.45, 2.75) is 20.8 Å². The number of carbonyl (C=O) groups is 1. The first-order valence-electron chi connectivity index (χ1n) is 7.64. The third-order valence-corrected chi connectivity index (χ3v) is 3.69. The molecule has 5 heteroatoms. The standard InChI is InChI=1S/C19H22N2O3/c1-13-10-11-14(2)18(12-13)24-19(20-23-5)16-8-6-7-9-17(16)21(4)15(3)22/h6-12H,1-5H3. The summed E-state index contributed by atoms with van der Waals surface area (Å²) >= 11 is 0. The van der Waals surface area contributed by atoms with E-state index in [4.69, 9.17) is 9.57 Å². The van der Waals surface area contributed by atoms with E-state index >= 15 is 0 Å². The Bertz CT molecular complexity index is 769. The van der Waals surface area contributed by atoms with E-state index in [0.717, 1.165) is 11.1 Å². The molecular weight excluding hydrogens is 304 g/mol. The van der Waals surface area contributed by atoms with Crippen molar-refractivity contribution in [2.24, 2.45) is 5.16 Å². The van der Waals surface area contributed by atoms with Gasteiger partial charge in [0.1, 0.15) is 12.9 Å². The second-order valence-corrected chi connectivity index (χ2v) is 5.55. The zero-order chi connectivity index (χ0) is 17.7. The molecule has 126 valence electrons. The van der Waals surface area contributed by atoms with Gasteiger partial charge in [0.25, 0.3) is 5.90 Å². The Hall–Kier alpha value is -2.82. The Morgan fingerprint density at radius 2 is 1.83 bits per heavy atom. The fourth-order valence-electron chi connectivity index (χ4n) is 2.24. The SMILES string of the molecule is CON=C(Oc1cc(C)ccc1C)c1ccccc1N(C)C(C)=O. The number of ether oxygens (including phenoxy) is 1. The maximum atomic E-state index is 11.7. The molecule has 0 heterocycles. The number of hydrogen-bond donors (Lipinski definition) is 0. The van der Waals surface area contributed by atoms with Gasteiger partial charge in [-0.05, 0) is 48.3 Å². The first kappa shape index (κ1) is 17.5. The van der Waals surface area contributed by atoms with Crippen molar-refractivity contribution in [1.29, 1.82) is 0 Å². The van der Waals surface area contributed by atoms with Gasteiger partial charge in [0, 0.05) is 14.0 Å². The molecule has 0 radical (unpaired) electrons. The van der Waals surface area contributed by atoms with Gasteiger partial charge in [-0.25, -0.2) is 0 Å². The molecule has 0 aliphatic rings. The Labute approximate surface area is 142 Å². The van der Waals surface area contributed by atoms with E-state index in [1.165, 1.54) is 14.0 Å². The van der Waals surface area contributed by atoms with Gasteiger partial charge >= 0.3 is 0 Å².